The first-order chi connectivity index (χ1) is 10.0. The van der Waals surface area contributed by atoms with Gasteiger partial charge in [-0.1, -0.05) is 19.1 Å². The van der Waals surface area contributed by atoms with Crippen LogP contribution in [0.4, 0.5) is 4.39 Å². The minimum Gasteiger partial charge on any atom is -0.271 e. The van der Waals surface area contributed by atoms with Gasteiger partial charge in [-0.05, 0) is 78.9 Å². The fourth-order valence-electron chi connectivity index (χ4n) is 6.45. The number of halogens is 1. The van der Waals surface area contributed by atoms with Crippen molar-refractivity contribution in [3.05, 3.63) is 35.6 Å². The van der Waals surface area contributed by atoms with Gasteiger partial charge < -0.3 is 0 Å². The topological polar surface area (TPSA) is 38.0 Å². The first-order valence-corrected chi connectivity index (χ1v) is 8.24. The van der Waals surface area contributed by atoms with Crippen molar-refractivity contribution in [1.82, 2.24) is 5.43 Å². The van der Waals surface area contributed by atoms with Gasteiger partial charge >= 0.3 is 0 Å². The second-order valence-corrected chi connectivity index (χ2v) is 8.29. The van der Waals surface area contributed by atoms with Gasteiger partial charge in [-0.15, -0.1) is 0 Å². The van der Waals surface area contributed by atoms with E-state index in [1.54, 1.807) is 12.1 Å². The Balaban J connectivity index is 1.73. The lowest BCUT2D eigenvalue weighted by Gasteiger charge is -2.63. The van der Waals surface area contributed by atoms with Gasteiger partial charge in [0.25, 0.3) is 0 Å². The van der Waals surface area contributed by atoms with Crippen molar-refractivity contribution < 1.29 is 4.39 Å². The van der Waals surface area contributed by atoms with E-state index in [1.165, 1.54) is 44.6 Å². The summed E-state index contributed by atoms with van der Waals surface area (Å²) in [7, 11) is 0. The number of hydrazine groups is 1. The second kappa shape index (κ2) is 4.53. The summed E-state index contributed by atoms with van der Waals surface area (Å²) in [5.41, 5.74) is 4.77. The molecular formula is C18H25FN2. The molecule has 4 aliphatic carbocycles. The van der Waals surface area contributed by atoms with E-state index in [9.17, 15) is 4.39 Å². The van der Waals surface area contributed by atoms with Crippen LogP contribution < -0.4 is 11.3 Å². The number of nitrogens with two attached hydrogens (primary N) is 1. The number of nitrogens with one attached hydrogen (secondary N) is 1. The standard InChI is InChI=1S/C18H25FN2/c1-17-7-12-5-13(8-17)10-18(9-12,11-17)16(21-20)14-3-2-4-15(19)6-14/h2-4,6,12-13,16,21H,5,7-11,20H2,1H3. The molecule has 0 spiro atoms. The molecule has 3 N–H and O–H groups in total. The zero-order valence-electron chi connectivity index (χ0n) is 12.7. The molecule has 0 radical (unpaired) electrons. The first kappa shape index (κ1) is 13.7. The molecule has 4 aliphatic rings. The lowest BCUT2D eigenvalue weighted by Crippen LogP contribution is -2.56. The molecular weight excluding hydrogens is 263 g/mol. The molecule has 0 amide bonds. The van der Waals surface area contributed by atoms with E-state index in [4.69, 9.17) is 5.84 Å². The maximum atomic E-state index is 13.6. The molecule has 21 heavy (non-hydrogen) atoms. The van der Waals surface area contributed by atoms with Crippen LogP contribution in [0.2, 0.25) is 0 Å². The van der Waals surface area contributed by atoms with E-state index in [0.717, 1.165) is 17.4 Å². The molecule has 4 saturated carbocycles. The fraction of sp³-hybridized carbons (Fsp3) is 0.667. The Kier molecular flexibility index (Phi) is 2.96. The quantitative estimate of drug-likeness (QED) is 0.653. The molecule has 2 nitrogen and oxygen atoms in total. The van der Waals surface area contributed by atoms with E-state index >= 15 is 0 Å². The Bertz CT molecular complexity index is 542. The van der Waals surface area contributed by atoms with Gasteiger partial charge in [-0.2, -0.15) is 0 Å². The highest BCUT2D eigenvalue weighted by molar-refractivity contribution is 5.25. The third-order valence-corrected chi connectivity index (χ3v) is 6.36. The number of benzene rings is 1. The van der Waals surface area contributed by atoms with Crippen LogP contribution in [0.5, 0.6) is 0 Å². The average Bonchev–Trinajstić information content (AvgIpc) is 2.36. The van der Waals surface area contributed by atoms with E-state index in [2.05, 4.69) is 12.3 Å². The molecule has 0 aliphatic heterocycles. The van der Waals surface area contributed by atoms with Crippen molar-refractivity contribution in [3.63, 3.8) is 0 Å². The predicted octanol–water partition coefficient (Wildman–Crippen LogP) is 3.94. The Morgan fingerprint density at radius 2 is 1.95 bits per heavy atom. The minimum atomic E-state index is -0.163. The van der Waals surface area contributed by atoms with Crippen molar-refractivity contribution in [2.24, 2.45) is 28.5 Å². The smallest absolute Gasteiger partial charge is 0.123 e. The average molecular weight is 288 g/mol. The van der Waals surface area contributed by atoms with Crippen LogP contribution in [0.25, 0.3) is 0 Å². The molecule has 4 bridgehead atoms. The van der Waals surface area contributed by atoms with Crippen LogP contribution >= 0.6 is 0 Å². The number of hydrogen-bond acceptors (Lipinski definition) is 2. The molecule has 0 heterocycles. The molecule has 0 aromatic heterocycles. The highest BCUT2D eigenvalue weighted by Crippen LogP contribution is 2.68. The van der Waals surface area contributed by atoms with Gasteiger partial charge in [0, 0.05) is 0 Å². The number of rotatable bonds is 3. The summed E-state index contributed by atoms with van der Waals surface area (Å²) in [6, 6.07) is 7.08. The van der Waals surface area contributed by atoms with Crippen LogP contribution in [0.15, 0.2) is 24.3 Å². The van der Waals surface area contributed by atoms with E-state index < -0.39 is 0 Å². The SMILES string of the molecule is CC12CC3CC(C1)CC(C(NN)c1cccc(F)c1)(C3)C2. The van der Waals surface area contributed by atoms with Crippen molar-refractivity contribution in [2.45, 2.75) is 51.5 Å². The Hall–Kier alpha value is -0.930. The van der Waals surface area contributed by atoms with Crippen LogP contribution in [0, 0.1) is 28.5 Å². The highest BCUT2D eigenvalue weighted by Gasteiger charge is 2.58. The molecule has 3 atom stereocenters. The minimum absolute atomic E-state index is 0.0819. The summed E-state index contributed by atoms with van der Waals surface area (Å²) in [5.74, 6) is 7.48. The van der Waals surface area contributed by atoms with E-state index in [0.29, 0.717) is 5.41 Å². The van der Waals surface area contributed by atoms with E-state index in [-0.39, 0.29) is 17.3 Å². The maximum Gasteiger partial charge on any atom is 0.123 e. The van der Waals surface area contributed by atoms with Crippen LogP contribution in [0.1, 0.15) is 57.1 Å². The Morgan fingerprint density at radius 3 is 2.52 bits per heavy atom. The van der Waals surface area contributed by atoms with Crippen molar-refractivity contribution in [1.29, 1.82) is 0 Å². The molecule has 1 aromatic carbocycles. The zero-order chi connectivity index (χ0) is 14.7. The Morgan fingerprint density at radius 1 is 1.24 bits per heavy atom. The summed E-state index contributed by atoms with van der Waals surface area (Å²) in [4.78, 5) is 0. The molecule has 3 unspecified atom stereocenters. The van der Waals surface area contributed by atoms with Gasteiger partial charge in [0.1, 0.15) is 5.82 Å². The van der Waals surface area contributed by atoms with Gasteiger partial charge in [0.15, 0.2) is 0 Å². The third-order valence-electron chi connectivity index (χ3n) is 6.36. The van der Waals surface area contributed by atoms with Crippen molar-refractivity contribution >= 4 is 0 Å². The summed E-state index contributed by atoms with van der Waals surface area (Å²) in [6.45, 7) is 2.46. The summed E-state index contributed by atoms with van der Waals surface area (Å²) >= 11 is 0. The molecule has 114 valence electrons. The highest BCUT2D eigenvalue weighted by atomic mass is 19.1. The lowest BCUT2D eigenvalue weighted by atomic mass is 9.43. The predicted molar refractivity (Wildman–Crippen MR) is 81.7 cm³/mol. The third kappa shape index (κ3) is 2.13. The Labute approximate surface area is 126 Å². The molecule has 4 fully saturated rings. The van der Waals surface area contributed by atoms with Gasteiger partial charge in [0.2, 0.25) is 0 Å². The van der Waals surface area contributed by atoms with Crippen LogP contribution in [-0.4, -0.2) is 0 Å². The van der Waals surface area contributed by atoms with Crippen molar-refractivity contribution in [2.75, 3.05) is 0 Å². The van der Waals surface area contributed by atoms with Crippen LogP contribution in [0.3, 0.4) is 0 Å². The van der Waals surface area contributed by atoms with Crippen molar-refractivity contribution in [3.8, 4) is 0 Å². The van der Waals surface area contributed by atoms with Crippen LogP contribution in [-0.2, 0) is 0 Å². The molecule has 5 rings (SSSR count). The molecule has 0 saturated heterocycles. The number of hydrogen-bond donors (Lipinski definition) is 2. The van der Waals surface area contributed by atoms with E-state index in [1.807, 2.05) is 6.07 Å². The maximum absolute atomic E-state index is 13.6. The normalized spacial score (nSPS) is 42.2. The monoisotopic (exact) mass is 288 g/mol. The summed E-state index contributed by atoms with van der Waals surface area (Å²) in [5, 5.41) is 0. The fourth-order valence-corrected chi connectivity index (χ4v) is 6.45. The second-order valence-electron chi connectivity index (χ2n) is 8.29. The summed E-state index contributed by atoms with van der Waals surface area (Å²) in [6.07, 6.45) is 7.91. The lowest BCUT2D eigenvalue weighted by molar-refractivity contribution is -0.119. The van der Waals surface area contributed by atoms with Gasteiger partial charge in [0.05, 0.1) is 6.04 Å². The van der Waals surface area contributed by atoms with Gasteiger partial charge in [-0.3, -0.25) is 11.3 Å². The zero-order valence-corrected chi connectivity index (χ0v) is 12.7. The van der Waals surface area contributed by atoms with Gasteiger partial charge in [-0.25, -0.2) is 4.39 Å². The molecule has 1 aromatic rings. The summed E-state index contributed by atoms with van der Waals surface area (Å²) < 4.78 is 13.6. The molecule has 3 heteroatoms. The first-order valence-electron chi connectivity index (χ1n) is 8.24. The largest absolute Gasteiger partial charge is 0.271 e.